The molecule has 28 heavy (non-hydrogen) atoms. The van der Waals surface area contributed by atoms with Crippen LogP contribution in [-0.4, -0.2) is 135 Å². The molecule has 2 rings (SSSR count). The van der Waals surface area contributed by atoms with Crippen LogP contribution in [0.4, 0.5) is 0 Å². The van der Waals surface area contributed by atoms with Crippen LogP contribution in [-0.2, 0) is 18.9 Å². The number of hydrogen-bond acceptors (Lipinski definition) is 14. The maximum atomic E-state index is 10.4. The summed E-state index contributed by atoms with van der Waals surface area (Å²) in [5, 5.41) is 78.5. The van der Waals surface area contributed by atoms with E-state index < -0.39 is 74.6 Å². The number of nitrogens with zero attached hydrogens (tertiary/aromatic N) is 1. The standard InChI is InChI=1S/C14H28N2O12/c1-16(24)15-4-25-13-11(23)9(21)12(6(3-18)27-13)28-14-10(22)8(20)7(19)5(2-17)26-14/h5-15,17-24H,2-4H2,1H3/t5-,6-,7-,8+,9-,10-,11-,12-,13-,14?/m1/s1. The molecule has 0 aromatic carbocycles. The van der Waals surface area contributed by atoms with Crippen molar-refractivity contribution in [3.8, 4) is 0 Å². The number of rotatable bonds is 8. The van der Waals surface area contributed by atoms with E-state index in [9.17, 15) is 35.7 Å². The SMILES string of the molecule is CN(O)NCO[C@@H]1O[C@H](CO)[C@@H](OC2O[C@H](CO)[C@@H](O)[C@H](O)[C@H]2O)[C@H](O)[C@H]1O. The Hall–Kier alpha value is -0.560. The molecule has 14 nitrogen and oxygen atoms in total. The molecule has 166 valence electrons. The van der Waals surface area contributed by atoms with Crippen LogP contribution in [0.3, 0.4) is 0 Å². The zero-order valence-corrected chi connectivity index (χ0v) is 15.1. The van der Waals surface area contributed by atoms with E-state index in [1.165, 1.54) is 7.05 Å². The Balaban J connectivity index is 2.04. The number of hydrogen-bond donors (Lipinski definition) is 9. The maximum Gasteiger partial charge on any atom is 0.188 e. The molecule has 1 unspecified atom stereocenters. The minimum atomic E-state index is -1.74. The van der Waals surface area contributed by atoms with Crippen LogP contribution in [0.15, 0.2) is 0 Å². The smallest absolute Gasteiger partial charge is 0.188 e. The molecule has 2 saturated heterocycles. The summed E-state index contributed by atoms with van der Waals surface area (Å²) in [7, 11) is 1.28. The van der Waals surface area contributed by atoms with Crippen LogP contribution in [0.5, 0.6) is 0 Å². The Bertz CT molecular complexity index is 470. The van der Waals surface area contributed by atoms with Gasteiger partial charge in [0.1, 0.15) is 55.6 Å². The first-order chi connectivity index (χ1) is 13.2. The van der Waals surface area contributed by atoms with Crippen molar-refractivity contribution < 1.29 is 59.9 Å². The van der Waals surface area contributed by atoms with Gasteiger partial charge in [0.25, 0.3) is 0 Å². The largest absolute Gasteiger partial charge is 0.394 e. The molecule has 0 saturated carbocycles. The van der Waals surface area contributed by atoms with Crippen molar-refractivity contribution in [3.63, 3.8) is 0 Å². The van der Waals surface area contributed by atoms with Crippen molar-refractivity contribution in [1.29, 1.82) is 0 Å². The van der Waals surface area contributed by atoms with Crippen molar-refractivity contribution >= 4 is 0 Å². The van der Waals surface area contributed by atoms with Gasteiger partial charge < -0.3 is 54.7 Å². The van der Waals surface area contributed by atoms with Crippen LogP contribution >= 0.6 is 0 Å². The summed E-state index contributed by atoms with van der Waals surface area (Å²) in [6.45, 7) is -1.64. The zero-order valence-electron chi connectivity index (χ0n) is 15.1. The molecule has 10 atom stereocenters. The zero-order chi connectivity index (χ0) is 21.0. The highest BCUT2D eigenvalue weighted by atomic mass is 16.7. The highest BCUT2D eigenvalue weighted by molar-refractivity contribution is 4.94. The molecule has 9 N–H and O–H groups in total. The highest BCUT2D eigenvalue weighted by Gasteiger charge is 2.50. The first-order valence-corrected chi connectivity index (χ1v) is 8.57. The number of ether oxygens (including phenoxy) is 4. The minimum absolute atomic E-state index is 0.294. The van der Waals surface area contributed by atoms with Crippen LogP contribution < -0.4 is 5.43 Å². The Morgan fingerprint density at radius 2 is 1.39 bits per heavy atom. The summed E-state index contributed by atoms with van der Waals surface area (Å²) < 4.78 is 21.1. The van der Waals surface area contributed by atoms with Gasteiger partial charge in [-0.3, -0.25) is 5.21 Å². The second-order valence-electron chi connectivity index (χ2n) is 6.50. The maximum absolute atomic E-state index is 10.4. The normalized spacial score (nSPS) is 44.8. The lowest BCUT2D eigenvalue weighted by Gasteiger charge is -2.45. The average Bonchev–Trinajstić information content (AvgIpc) is 2.66. The fourth-order valence-electron chi connectivity index (χ4n) is 2.91. The molecule has 14 heteroatoms. The van der Waals surface area contributed by atoms with Gasteiger partial charge in [0.2, 0.25) is 0 Å². The summed E-state index contributed by atoms with van der Waals surface area (Å²) in [6.07, 6.45) is -15.2. The Labute approximate surface area is 160 Å². The van der Waals surface area contributed by atoms with Crippen molar-refractivity contribution in [1.82, 2.24) is 10.6 Å². The van der Waals surface area contributed by atoms with Gasteiger partial charge in [-0.2, -0.15) is 0 Å². The van der Waals surface area contributed by atoms with E-state index in [-0.39, 0.29) is 6.73 Å². The lowest BCUT2D eigenvalue weighted by atomic mass is 9.97. The summed E-state index contributed by atoms with van der Waals surface area (Å²) in [5.74, 6) is 0. The Kier molecular flexibility index (Phi) is 8.86. The molecular weight excluding hydrogens is 388 g/mol. The first kappa shape index (κ1) is 23.7. The number of nitrogens with one attached hydrogen (secondary N) is 1. The van der Waals surface area contributed by atoms with Crippen LogP contribution in [0.25, 0.3) is 0 Å². The third-order valence-electron chi connectivity index (χ3n) is 4.50. The topological polar surface area (TPSA) is 214 Å². The molecule has 2 aliphatic heterocycles. The number of aliphatic hydroxyl groups is 7. The molecule has 2 heterocycles. The van der Waals surface area contributed by atoms with Crippen LogP contribution in [0.2, 0.25) is 0 Å². The molecule has 0 amide bonds. The van der Waals surface area contributed by atoms with Gasteiger partial charge in [-0.15, -0.1) is 5.17 Å². The lowest BCUT2D eigenvalue weighted by Crippen LogP contribution is -2.64. The number of hydrazine groups is 1. The summed E-state index contributed by atoms with van der Waals surface area (Å²) in [5.41, 5.74) is 2.34. The fourth-order valence-corrected chi connectivity index (χ4v) is 2.91. The van der Waals surface area contributed by atoms with Crippen LogP contribution in [0, 0.1) is 0 Å². The molecular formula is C14H28N2O12. The van der Waals surface area contributed by atoms with Gasteiger partial charge in [-0.25, -0.2) is 5.43 Å². The molecule has 0 radical (unpaired) electrons. The second-order valence-corrected chi connectivity index (χ2v) is 6.50. The van der Waals surface area contributed by atoms with Gasteiger partial charge in [-0.1, -0.05) is 0 Å². The van der Waals surface area contributed by atoms with E-state index in [1.54, 1.807) is 0 Å². The molecule has 0 spiro atoms. The van der Waals surface area contributed by atoms with Gasteiger partial charge >= 0.3 is 0 Å². The van der Waals surface area contributed by atoms with E-state index in [1.807, 2.05) is 0 Å². The van der Waals surface area contributed by atoms with E-state index >= 15 is 0 Å². The monoisotopic (exact) mass is 416 g/mol. The molecule has 0 aromatic rings. The van der Waals surface area contributed by atoms with Gasteiger partial charge in [0.15, 0.2) is 12.6 Å². The molecule has 0 bridgehead atoms. The highest BCUT2D eigenvalue weighted by Crippen LogP contribution is 2.29. The van der Waals surface area contributed by atoms with E-state index in [2.05, 4.69) is 5.43 Å². The van der Waals surface area contributed by atoms with Gasteiger partial charge in [0, 0.05) is 7.05 Å². The first-order valence-electron chi connectivity index (χ1n) is 8.57. The summed E-state index contributed by atoms with van der Waals surface area (Å²) in [4.78, 5) is 0. The molecule has 0 aliphatic carbocycles. The quantitative estimate of drug-likeness (QED) is 0.133. The van der Waals surface area contributed by atoms with Gasteiger partial charge in [0.05, 0.1) is 13.2 Å². The predicted molar refractivity (Wildman–Crippen MR) is 85.0 cm³/mol. The number of aliphatic hydroxyl groups excluding tert-OH is 7. The second kappa shape index (κ2) is 10.5. The van der Waals surface area contributed by atoms with Crippen molar-refractivity contribution in [2.45, 2.75) is 61.4 Å². The van der Waals surface area contributed by atoms with Gasteiger partial charge in [-0.05, 0) is 0 Å². The van der Waals surface area contributed by atoms with E-state index in [0.717, 1.165) is 0 Å². The van der Waals surface area contributed by atoms with Crippen molar-refractivity contribution in [3.05, 3.63) is 0 Å². The molecule has 0 aromatic heterocycles. The van der Waals surface area contributed by atoms with Crippen LogP contribution in [0.1, 0.15) is 0 Å². The third-order valence-corrected chi connectivity index (χ3v) is 4.50. The summed E-state index contributed by atoms with van der Waals surface area (Å²) >= 11 is 0. The molecule has 2 aliphatic rings. The van der Waals surface area contributed by atoms with Crippen molar-refractivity contribution in [2.75, 3.05) is 27.0 Å². The average molecular weight is 416 g/mol. The van der Waals surface area contributed by atoms with E-state index in [4.69, 9.17) is 24.2 Å². The lowest BCUT2D eigenvalue weighted by molar-refractivity contribution is -0.361. The Morgan fingerprint density at radius 1 is 0.821 bits per heavy atom. The molecule has 2 fully saturated rings. The fraction of sp³-hybridized carbons (Fsp3) is 1.00. The van der Waals surface area contributed by atoms with E-state index in [0.29, 0.717) is 5.17 Å². The number of hydroxylamine groups is 1. The van der Waals surface area contributed by atoms with Crippen molar-refractivity contribution in [2.24, 2.45) is 0 Å². The minimum Gasteiger partial charge on any atom is -0.394 e. The summed E-state index contributed by atoms with van der Waals surface area (Å²) in [6, 6.07) is 0. The Morgan fingerprint density at radius 3 is 1.96 bits per heavy atom. The third kappa shape index (κ3) is 5.32. The predicted octanol–water partition coefficient (Wildman–Crippen LogP) is -5.59.